The van der Waals surface area contributed by atoms with Gasteiger partial charge in [-0.1, -0.05) is 24.3 Å². The number of allylic oxidation sites excluding steroid dienone is 2. The molecule has 0 saturated heterocycles. The lowest BCUT2D eigenvalue weighted by Crippen LogP contribution is -1.96. The maximum absolute atomic E-state index is 6.06. The summed E-state index contributed by atoms with van der Waals surface area (Å²) in [5.74, 6) is 0. The van der Waals surface area contributed by atoms with Crippen LogP contribution in [0.3, 0.4) is 0 Å². The molecule has 80 valence electrons. The topological polar surface area (TPSA) is 38.9 Å². The first kappa shape index (κ1) is 9.40. The van der Waals surface area contributed by atoms with Crippen molar-refractivity contribution in [2.75, 3.05) is 5.73 Å². The van der Waals surface area contributed by atoms with Crippen LogP contribution in [0.25, 0.3) is 16.5 Å². The van der Waals surface area contributed by atoms with Gasteiger partial charge in [0.2, 0.25) is 0 Å². The molecule has 0 amide bonds. The predicted molar refractivity (Wildman–Crippen MR) is 68.0 cm³/mol. The molecule has 0 radical (unpaired) electrons. The Kier molecular flexibility index (Phi) is 2.13. The number of hydrogen-bond donors (Lipinski definition) is 1. The van der Waals surface area contributed by atoms with E-state index in [9.17, 15) is 0 Å². The van der Waals surface area contributed by atoms with E-state index < -0.39 is 0 Å². The smallest absolute Gasteiger partial charge is 0.0709 e. The molecule has 16 heavy (non-hydrogen) atoms. The van der Waals surface area contributed by atoms with E-state index in [-0.39, 0.29) is 0 Å². The second-order valence-corrected chi connectivity index (χ2v) is 4.23. The molecular weight excluding hydrogens is 196 g/mol. The number of nitrogens with two attached hydrogens (primary N) is 1. The molecule has 2 N–H and O–H groups in total. The van der Waals surface area contributed by atoms with Crippen LogP contribution in [0.5, 0.6) is 0 Å². The first-order chi connectivity index (χ1) is 7.86. The van der Waals surface area contributed by atoms with E-state index in [0.29, 0.717) is 0 Å². The zero-order chi connectivity index (χ0) is 11.0. The molecule has 2 nitrogen and oxygen atoms in total. The lowest BCUT2D eigenvalue weighted by Gasteiger charge is -2.10. The Labute approximate surface area is 94.8 Å². The van der Waals surface area contributed by atoms with Gasteiger partial charge >= 0.3 is 0 Å². The summed E-state index contributed by atoms with van der Waals surface area (Å²) in [6.07, 6.45) is 7.63. The van der Waals surface area contributed by atoms with Crippen molar-refractivity contribution in [2.45, 2.75) is 19.3 Å². The van der Waals surface area contributed by atoms with Gasteiger partial charge in [-0.2, -0.15) is 0 Å². The highest BCUT2D eigenvalue weighted by molar-refractivity contribution is 5.96. The summed E-state index contributed by atoms with van der Waals surface area (Å²) < 4.78 is 0. The van der Waals surface area contributed by atoms with Gasteiger partial charge in [0.1, 0.15) is 0 Å². The number of benzene rings is 1. The van der Waals surface area contributed by atoms with Gasteiger partial charge < -0.3 is 5.73 Å². The minimum atomic E-state index is 0.798. The number of aromatic nitrogens is 1. The van der Waals surface area contributed by atoms with E-state index in [1.54, 1.807) is 6.20 Å². The zero-order valence-electron chi connectivity index (χ0n) is 9.11. The zero-order valence-corrected chi connectivity index (χ0v) is 9.11. The fourth-order valence-electron chi connectivity index (χ4n) is 2.41. The largest absolute Gasteiger partial charge is 0.397 e. The molecule has 0 fully saturated rings. The Hall–Kier alpha value is -1.83. The van der Waals surface area contributed by atoms with Gasteiger partial charge in [0.25, 0.3) is 0 Å². The van der Waals surface area contributed by atoms with Crippen LogP contribution in [-0.4, -0.2) is 4.98 Å². The number of rotatable bonds is 1. The van der Waals surface area contributed by atoms with Crippen molar-refractivity contribution in [2.24, 2.45) is 0 Å². The molecule has 0 atom stereocenters. The second-order valence-electron chi connectivity index (χ2n) is 4.23. The average molecular weight is 210 g/mol. The summed E-state index contributed by atoms with van der Waals surface area (Å²) in [5.41, 5.74) is 10.5. The fraction of sp³-hybridized carbons (Fsp3) is 0.214. The maximum atomic E-state index is 6.06. The highest BCUT2D eigenvalue weighted by Crippen LogP contribution is 2.35. The molecule has 2 heteroatoms. The Bertz CT molecular complexity index is 570. The Morgan fingerprint density at radius 1 is 1.19 bits per heavy atom. The number of pyridine rings is 1. The van der Waals surface area contributed by atoms with Gasteiger partial charge in [0.05, 0.1) is 17.4 Å². The number of nitrogen functional groups attached to an aromatic ring is 1. The van der Waals surface area contributed by atoms with E-state index in [2.05, 4.69) is 17.1 Å². The summed E-state index contributed by atoms with van der Waals surface area (Å²) in [7, 11) is 0. The predicted octanol–water partition coefficient (Wildman–Crippen LogP) is 3.38. The Morgan fingerprint density at radius 2 is 2.06 bits per heavy atom. The van der Waals surface area contributed by atoms with Gasteiger partial charge in [0, 0.05) is 10.9 Å². The average Bonchev–Trinajstić information content (AvgIpc) is 2.82. The normalized spacial score (nSPS) is 15.4. The van der Waals surface area contributed by atoms with Crippen LogP contribution in [0.4, 0.5) is 5.69 Å². The summed E-state index contributed by atoms with van der Waals surface area (Å²) in [6, 6.07) is 8.20. The van der Waals surface area contributed by atoms with Crippen LogP contribution in [0.15, 0.2) is 36.5 Å². The Morgan fingerprint density at radius 3 is 2.88 bits per heavy atom. The van der Waals surface area contributed by atoms with E-state index in [0.717, 1.165) is 17.6 Å². The van der Waals surface area contributed by atoms with Crippen molar-refractivity contribution in [3.8, 4) is 0 Å². The second kappa shape index (κ2) is 3.63. The van der Waals surface area contributed by atoms with Crippen molar-refractivity contribution in [3.63, 3.8) is 0 Å². The van der Waals surface area contributed by atoms with Gasteiger partial charge in [-0.15, -0.1) is 0 Å². The third-order valence-electron chi connectivity index (χ3n) is 3.17. The molecule has 0 spiro atoms. The van der Waals surface area contributed by atoms with E-state index in [4.69, 9.17) is 5.73 Å². The molecule has 1 aromatic carbocycles. The molecule has 3 rings (SSSR count). The van der Waals surface area contributed by atoms with Crippen molar-refractivity contribution >= 4 is 22.2 Å². The molecule has 0 bridgehead atoms. The molecule has 1 heterocycles. The van der Waals surface area contributed by atoms with Crippen molar-refractivity contribution in [1.82, 2.24) is 4.98 Å². The number of para-hydroxylation sites is 1. The molecule has 1 aliphatic rings. The van der Waals surface area contributed by atoms with Crippen molar-refractivity contribution in [3.05, 3.63) is 42.1 Å². The molecule has 0 saturated carbocycles. The third kappa shape index (κ3) is 1.38. The van der Waals surface area contributed by atoms with Crippen LogP contribution in [-0.2, 0) is 0 Å². The molecule has 0 aliphatic heterocycles. The van der Waals surface area contributed by atoms with Crippen LogP contribution in [0.2, 0.25) is 0 Å². The Balaban J connectivity index is 2.32. The van der Waals surface area contributed by atoms with Gasteiger partial charge in [-0.3, -0.25) is 4.98 Å². The number of hydrogen-bond acceptors (Lipinski definition) is 2. The standard InChI is InChI=1S/C14H14N2/c15-12-9-16-13-8-4-3-7-11(13)14(12)10-5-1-2-6-10/h3-5,7-9H,1-2,6,15H2. The van der Waals surface area contributed by atoms with Crippen LogP contribution < -0.4 is 5.73 Å². The summed E-state index contributed by atoms with van der Waals surface area (Å²) >= 11 is 0. The van der Waals surface area contributed by atoms with Gasteiger partial charge in [-0.05, 0) is 30.9 Å². The lowest BCUT2D eigenvalue weighted by atomic mass is 9.99. The molecule has 1 aromatic heterocycles. The molecule has 0 unspecified atom stereocenters. The monoisotopic (exact) mass is 210 g/mol. The summed E-state index contributed by atoms with van der Waals surface area (Å²) in [6.45, 7) is 0. The molecule has 2 aromatic rings. The third-order valence-corrected chi connectivity index (χ3v) is 3.17. The molecular formula is C14H14N2. The van der Waals surface area contributed by atoms with E-state index in [1.165, 1.54) is 29.4 Å². The summed E-state index contributed by atoms with van der Waals surface area (Å²) in [4.78, 5) is 4.36. The minimum Gasteiger partial charge on any atom is -0.397 e. The van der Waals surface area contributed by atoms with Gasteiger partial charge in [-0.25, -0.2) is 0 Å². The van der Waals surface area contributed by atoms with Crippen molar-refractivity contribution < 1.29 is 0 Å². The maximum Gasteiger partial charge on any atom is 0.0709 e. The number of anilines is 1. The first-order valence-electron chi connectivity index (χ1n) is 5.69. The van der Waals surface area contributed by atoms with Crippen LogP contribution >= 0.6 is 0 Å². The van der Waals surface area contributed by atoms with E-state index in [1.807, 2.05) is 18.2 Å². The van der Waals surface area contributed by atoms with E-state index >= 15 is 0 Å². The number of fused-ring (bicyclic) bond motifs is 1. The van der Waals surface area contributed by atoms with Crippen LogP contribution in [0, 0.1) is 0 Å². The highest BCUT2D eigenvalue weighted by atomic mass is 14.7. The highest BCUT2D eigenvalue weighted by Gasteiger charge is 2.13. The first-order valence-corrected chi connectivity index (χ1v) is 5.69. The van der Waals surface area contributed by atoms with Crippen LogP contribution in [0.1, 0.15) is 24.8 Å². The quantitative estimate of drug-likeness (QED) is 0.783. The van der Waals surface area contributed by atoms with Crippen molar-refractivity contribution in [1.29, 1.82) is 0 Å². The molecule has 1 aliphatic carbocycles. The SMILES string of the molecule is Nc1cnc2ccccc2c1C1=CCCC1. The number of nitrogens with zero attached hydrogens (tertiary/aromatic N) is 1. The van der Waals surface area contributed by atoms with Gasteiger partial charge in [0.15, 0.2) is 0 Å². The minimum absolute atomic E-state index is 0.798. The fourth-order valence-corrected chi connectivity index (χ4v) is 2.41. The summed E-state index contributed by atoms with van der Waals surface area (Å²) in [5, 5.41) is 1.18. The lowest BCUT2D eigenvalue weighted by molar-refractivity contribution is 0.936.